The molecule has 102 valence electrons. The van der Waals surface area contributed by atoms with Crippen molar-refractivity contribution in [1.82, 2.24) is 10.2 Å². The maximum atomic E-state index is 12.1. The van der Waals surface area contributed by atoms with E-state index >= 15 is 0 Å². The van der Waals surface area contributed by atoms with E-state index in [1.54, 1.807) is 4.90 Å². The number of carbonyl (C=O) groups is 1. The van der Waals surface area contributed by atoms with Gasteiger partial charge in [0.15, 0.2) is 0 Å². The fourth-order valence-electron chi connectivity index (χ4n) is 2.82. The third kappa shape index (κ3) is 2.86. The summed E-state index contributed by atoms with van der Waals surface area (Å²) < 4.78 is 5.43. The van der Waals surface area contributed by atoms with Gasteiger partial charge in [0, 0.05) is 13.6 Å². The van der Waals surface area contributed by atoms with E-state index in [4.69, 9.17) is 4.74 Å². The van der Waals surface area contributed by atoms with Gasteiger partial charge < -0.3 is 15.0 Å². The zero-order valence-electron chi connectivity index (χ0n) is 11.8. The molecule has 0 bridgehead atoms. The summed E-state index contributed by atoms with van der Waals surface area (Å²) in [5.41, 5.74) is -0.433. The lowest BCUT2D eigenvalue weighted by molar-refractivity contribution is 0.0195. The number of carbonyl (C=O) groups excluding carboxylic acids is 1. The predicted molar refractivity (Wildman–Crippen MR) is 71.4 cm³/mol. The molecule has 3 atom stereocenters. The number of allylic oxidation sites excluding steroid dienone is 1. The molecule has 2 aliphatic rings. The smallest absolute Gasteiger partial charge is 0.410 e. The molecule has 0 radical (unpaired) electrons. The van der Waals surface area contributed by atoms with Crippen LogP contribution >= 0.6 is 0 Å². The lowest BCUT2D eigenvalue weighted by Crippen LogP contribution is -2.46. The Labute approximate surface area is 109 Å². The molecular formula is C14H24N2O2. The van der Waals surface area contributed by atoms with Crippen LogP contribution in [0.15, 0.2) is 12.2 Å². The summed E-state index contributed by atoms with van der Waals surface area (Å²) in [6.45, 7) is 7.75. The fourth-order valence-corrected chi connectivity index (χ4v) is 2.82. The van der Waals surface area contributed by atoms with E-state index in [0.29, 0.717) is 11.8 Å². The van der Waals surface area contributed by atoms with Gasteiger partial charge in [-0.2, -0.15) is 0 Å². The lowest BCUT2D eigenvalue weighted by Gasteiger charge is -2.36. The van der Waals surface area contributed by atoms with Gasteiger partial charge in [-0.25, -0.2) is 4.79 Å². The number of hydrogen-bond acceptors (Lipinski definition) is 3. The van der Waals surface area contributed by atoms with Gasteiger partial charge in [0.25, 0.3) is 0 Å². The van der Waals surface area contributed by atoms with Crippen molar-refractivity contribution in [3.63, 3.8) is 0 Å². The predicted octanol–water partition coefficient (Wildman–Crippen LogP) is 2.02. The summed E-state index contributed by atoms with van der Waals surface area (Å²) in [4.78, 5) is 13.8. The molecule has 1 aliphatic heterocycles. The van der Waals surface area contributed by atoms with Gasteiger partial charge in [0.2, 0.25) is 0 Å². The molecule has 0 saturated carbocycles. The minimum atomic E-state index is -0.433. The Morgan fingerprint density at radius 3 is 2.78 bits per heavy atom. The van der Waals surface area contributed by atoms with Crippen LogP contribution in [0.25, 0.3) is 0 Å². The van der Waals surface area contributed by atoms with Crippen molar-refractivity contribution in [2.75, 3.05) is 20.1 Å². The zero-order valence-corrected chi connectivity index (χ0v) is 11.8. The Kier molecular flexibility index (Phi) is 3.66. The molecule has 1 heterocycles. The van der Waals surface area contributed by atoms with Crippen LogP contribution in [0.2, 0.25) is 0 Å². The van der Waals surface area contributed by atoms with Crippen LogP contribution in [0.3, 0.4) is 0 Å². The Bertz CT molecular complexity index is 346. The molecule has 2 rings (SSSR count). The molecular weight excluding hydrogens is 228 g/mol. The highest BCUT2D eigenvalue weighted by molar-refractivity contribution is 5.68. The number of hydrogen-bond donors (Lipinski definition) is 1. The van der Waals surface area contributed by atoms with Gasteiger partial charge in [-0.1, -0.05) is 12.2 Å². The van der Waals surface area contributed by atoms with E-state index in [1.165, 1.54) is 0 Å². The van der Waals surface area contributed by atoms with Crippen LogP contribution in [0.5, 0.6) is 0 Å². The van der Waals surface area contributed by atoms with E-state index < -0.39 is 5.60 Å². The average molecular weight is 252 g/mol. The topological polar surface area (TPSA) is 41.6 Å². The summed E-state index contributed by atoms with van der Waals surface area (Å²) in [6, 6.07) is 0.161. The Hall–Kier alpha value is -1.03. The third-order valence-electron chi connectivity index (χ3n) is 3.73. The van der Waals surface area contributed by atoms with Gasteiger partial charge in [0.05, 0.1) is 6.04 Å². The van der Waals surface area contributed by atoms with Crippen LogP contribution < -0.4 is 5.32 Å². The molecule has 0 unspecified atom stereocenters. The monoisotopic (exact) mass is 252 g/mol. The lowest BCUT2D eigenvalue weighted by atomic mass is 9.82. The largest absolute Gasteiger partial charge is 0.444 e. The summed E-state index contributed by atoms with van der Waals surface area (Å²) >= 11 is 0. The highest BCUT2D eigenvalue weighted by atomic mass is 16.6. The highest BCUT2D eigenvalue weighted by Crippen LogP contribution is 2.31. The molecule has 4 heteroatoms. The number of nitrogens with zero attached hydrogens (tertiary/aromatic N) is 1. The van der Waals surface area contributed by atoms with Crippen LogP contribution in [-0.4, -0.2) is 42.8 Å². The van der Waals surface area contributed by atoms with Crippen LogP contribution in [0, 0.1) is 11.8 Å². The fraction of sp³-hybridized carbons (Fsp3) is 0.786. The number of likely N-dealkylation sites (N-methyl/N-ethyl adjacent to an activating group) is 1. The van der Waals surface area contributed by atoms with Gasteiger partial charge in [-0.05, 0) is 45.6 Å². The molecule has 4 nitrogen and oxygen atoms in total. The second-order valence-electron chi connectivity index (χ2n) is 6.33. The standard InChI is InChI=1S/C14H24N2O2/c1-14(2,3)18-13(17)16(4)12-7-5-6-10-8-15-9-11(10)12/h5,7,10-12,15H,6,8-9H2,1-4H3/t10-,11+,12-/m1/s1. The quantitative estimate of drug-likeness (QED) is 0.726. The SMILES string of the molecule is CN(C(=O)OC(C)(C)C)[C@@H]1C=CC[C@@H]2CNC[C@@H]21. The Morgan fingerprint density at radius 1 is 1.39 bits per heavy atom. The van der Waals surface area contributed by atoms with Crippen molar-refractivity contribution >= 4 is 6.09 Å². The van der Waals surface area contributed by atoms with Crippen molar-refractivity contribution in [2.24, 2.45) is 11.8 Å². The number of ether oxygens (including phenoxy) is 1. The van der Waals surface area contributed by atoms with Crippen LogP contribution in [-0.2, 0) is 4.74 Å². The van der Waals surface area contributed by atoms with Gasteiger partial charge in [0.1, 0.15) is 5.60 Å². The minimum absolute atomic E-state index is 0.161. The van der Waals surface area contributed by atoms with Crippen molar-refractivity contribution in [3.05, 3.63) is 12.2 Å². The molecule has 0 spiro atoms. The maximum absolute atomic E-state index is 12.1. The maximum Gasteiger partial charge on any atom is 0.410 e. The van der Waals surface area contributed by atoms with E-state index in [1.807, 2.05) is 27.8 Å². The second-order valence-corrected chi connectivity index (χ2v) is 6.33. The first kappa shape index (κ1) is 13.4. The highest BCUT2D eigenvalue weighted by Gasteiger charge is 2.38. The number of rotatable bonds is 1. The number of fused-ring (bicyclic) bond motifs is 1. The van der Waals surface area contributed by atoms with Crippen molar-refractivity contribution in [1.29, 1.82) is 0 Å². The van der Waals surface area contributed by atoms with E-state index in [9.17, 15) is 4.79 Å². The summed E-state index contributed by atoms with van der Waals surface area (Å²) in [7, 11) is 1.84. The molecule has 1 amide bonds. The Balaban J connectivity index is 2.03. The van der Waals surface area contributed by atoms with Crippen LogP contribution in [0.1, 0.15) is 27.2 Å². The second kappa shape index (κ2) is 4.92. The molecule has 1 saturated heterocycles. The molecule has 0 aromatic heterocycles. The summed E-state index contributed by atoms with van der Waals surface area (Å²) in [5.74, 6) is 1.18. The Morgan fingerprint density at radius 2 is 2.11 bits per heavy atom. The summed E-state index contributed by atoms with van der Waals surface area (Å²) in [5, 5.41) is 3.42. The number of amides is 1. The molecule has 0 aromatic rings. The molecule has 0 aromatic carbocycles. The number of nitrogens with one attached hydrogen (secondary N) is 1. The molecule has 1 N–H and O–H groups in total. The first-order valence-electron chi connectivity index (χ1n) is 6.71. The van der Waals surface area contributed by atoms with E-state index in [0.717, 1.165) is 19.5 Å². The van der Waals surface area contributed by atoms with E-state index in [-0.39, 0.29) is 12.1 Å². The molecule has 1 aliphatic carbocycles. The van der Waals surface area contributed by atoms with Crippen molar-refractivity contribution < 1.29 is 9.53 Å². The van der Waals surface area contributed by atoms with Gasteiger partial charge >= 0.3 is 6.09 Å². The van der Waals surface area contributed by atoms with Crippen LogP contribution in [0.4, 0.5) is 4.79 Å². The normalized spacial score (nSPS) is 31.0. The molecule has 18 heavy (non-hydrogen) atoms. The first-order valence-corrected chi connectivity index (χ1v) is 6.71. The zero-order chi connectivity index (χ0) is 13.3. The first-order chi connectivity index (χ1) is 8.38. The minimum Gasteiger partial charge on any atom is -0.444 e. The summed E-state index contributed by atoms with van der Waals surface area (Å²) in [6.07, 6.45) is 5.23. The van der Waals surface area contributed by atoms with Crippen molar-refractivity contribution in [3.8, 4) is 0 Å². The van der Waals surface area contributed by atoms with E-state index in [2.05, 4.69) is 17.5 Å². The van der Waals surface area contributed by atoms with Crippen molar-refractivity contribution in [2.45, 2.75) is 38.8 Å². The van der Waals surface area contributed by atoms with Gasteiger partial charge in [-0.3, -0.25) is 0 Å². The molecule has 1 fully saturated rings. The third-order valence-corrected chi connectivity index (χ3v) is 3.73. The van der Waals surface area contributed by atoms with Gasteiger partial charge in [-0.15, -0.1) is 0 Å². The average Bonchev–Trinajstić information content (AvgIpc) is 2.73.